The van der Waals surface area contributed by atoms with Crippen LogP contribution in [0.1, 0.15) is 18.5 Å². The highest BCUT2D eigenvalue weighted by Crippen LogP contribution is 2.37. The van der Waals surface area contributed by atoms with Gasteiger partial charge in [-0.1, -0.05) is 53.5 Å². The Morgan fingerprint density at radius 2 is 1.62 bits per heavy atom. The van der Waals surface area contributed by atoms with Crippen LogP contribution in [0.15, 0.2) is 42.5 Å². The quantitative estimate of drug-likeness (QED) is 0.751. The third-order valence-corrected chi connectivity index (χ3v) is 3.45. The summed E-state index contributed by atoms with van der Waals surface area (Å²) in [4.78, 5) is 0. The summed E-state index contributed by atoms with van der Waals surface area (Å²) in [5.41, 5.74) is 1.71. The number of rotatable bonds is 5. The van der Waals surface area contributed by atoms with Gasteiger partial charge >= 0.3 is 6.61 Å². The summed E-state index contributed by atoms with van der Waals surface area (Å²) in [5.74, 6) is -0.216. The molecule has 2 nitrogen and oxygen atoms in total. The van der Waals surface area contributed by atoms with Crippen LogP contribution < -0.4 is 10.1 Å². The number of nitrogens with one attached hydrogen (secondary N) is 1. The van der Waals surface area contributed by atoms with Gasteiger partial charge in [0.2, 0.25) is 0 Å². The molecule has 0 saturated heterocycles. The Labute approximate surface area is 131 Å². The van der Waals surface area contributed by atoms with Crippen LogP contribution >= 0.6 is 23.2 Å². The molecule has 1 N–H and O–H groups in total. The fourth-order valence-corrected chi connectivity index (χ4v) is 2.50. The van der Waals surface area contributed by atoms with E-state index in [4.69, 9.17) is 23.2 Å². The molecule has 112 valence electrons. The zero-order valence-corrected chi connectivity index (χ0v) is 12.6. The Bertz CT molecular complexity index is 585. The molecular weight excluding hydrogens is 319 g/mol. The SMILES string of the molecule is CC(Nc1cc(Cl)c(OC(F)F)c(Cl)c1)c1ccccc1. The molecule has 0 heterocycles. The maximum atomic E-state index is 12.3. The summed E-state index contributed by atoms with van der Waals surface area (Å²) in [6.07, 6.45) is 0. The zero-order valence-electron chi connectivity index (χ0n) is 11.1. The van der Waals surface area contributed by atoms with Crippen LogP contribution in [-0.4, -0.2) is 6.61 Å². The van der Waals surface area contributed by atoms with E-state index < -0.39 is 6.61 Å². The predicted molar refractivity (Wildman–Crippen MR) is 81.6 cm³/mol. The fraction of sp³-hybridized carbons (Fsp3) is 0.200. The molecule has 1 unspecified atom stereocenters. The molecular formula is C15H13Cl2F2NO. The molecule has 0 aliphatic carbocycles. The van der Waals surface area contributed by atoms with E-state index in [0.717, 1.165) is 5.56 Å². The summed E-state index contributed by atoms with van der Waals surface area (Å²) >= 11 is 11.9. The molecule has 2 aromatic carbocycles. The monoisotopic (exact) mass is 331 g/mol. The van der Waals surface area contributed by atoms with Gasteiger partial charge in [-0.05, 0) is 24.6 Å². The molecule has 0 aliphatic heterocycles. The number of hydrogen-bond acceptors (Lipinski definition) is 2. The molecule has 0 aromatic heterocycles. The van der Waals surface area contributed by atoms with Crippen molar-refractivity contribution in [3.8, 4) is 5.75 Å². The summed E-state index contributed by atoms with van der Waals surface area (Å²) in [5, 5.41) is 3.27. The van der Waals surface area contributed by atoms with Crippen molar-refractivity contribution in [2.45, 2.75) is 19.6 Å². The first-order valence-electron chi connectivity index (χ1n) is 6.22. The van der Waals surface area contributed by atoms with Crippen molar-refractivity contribution in [1.82, 2.24) is 0 Å². The smallest absolute Gasteiger partial charge is 0.387 e. The van der Waals surface area contributed by atoms with E-state index in [1.54, 1.807) is 0 Å². The number of hydrogen-bond donors (Lipinski definition) is 1. The maximum absolute atomic E-state index is 12.3. The van der Waals surface area contributed by atoms with Crippen LogP contribution in [0.2, 0.25) is 10.0 Å². The van der Waals surface area contributed by atoms with Crippen molar-refractivity contribution in [3.63, 3.8) is 0 Å². The van der Waals surface area contributed by atoms with Crippen molar-refractivity contribution in [2.75, 3.05) is 5.32 Å². The second-order valence-electron chi connectivity index (χ2n) is 4.42. The first-order valence-corrected chi connectivity index (χ1v) is 6.98. The average Bonchev–Trinajstić information content (AvgIpc) is 2.43. The van der Waals surface area contributed by atoms with Crippen molar-refractivity contribution in [1.29, 1.82) is 0 Å². The predicted octanol–water partition coefficient (Wildman–Crippen LogP) is 5.77. The minimum absolute atomic E-state index is 0.0141. The third kappa shape index (κ3) is 4.22. The maximum Gasteiger partial charge on any atom is 0.387 e. The molecule has 0 aliphatic rings. The number of halogens is 4. The van der Waals surface area contributed by atoms with Crippen molar-refractivity contribution in [3.05, 3.63) is 58.1 Å². The second kappa shape index (κ2) is 6.96. The Hall–Kier alpha value is -1.52. The van der Waals surface area contributed by atoms with Gasteiger partial charge < -0.3 is 10.1 Å². The van der Waals surface area contributed by atoms with E-state index in [1.165, 1.54) is 12.1 Å². The average molecular weight is 332 g/mol. The topological polar surface area (TPSA) is 21.3 Å². The van der Waals surface area contributed by atoms with E-state index in [0.29, 0.717) is 5.69 Å². The number of anilines is 1. The first-order chi connectivity index (χ1) is 9.97. The second-order valence-corrected chi connectivity index (χ2v) is 5.24. The van der Waals surface area contributed by atoms with Gasteiger partial charge in [0.1, 0.15) is 0 Å². The highest BCUT2D eigenvalue weighted by Gasteiger charge is 2.15. The summed E-state index contributed by atoms with van der Waals surface area (Å²) in [6, 6.07) is 12.8. The standard InChI is InChI=1S/C15H13Cl2F2NO/c1-9(10-5-3-2-4-6-10)20-11-7-12(16)14(13(17)8-11)21-15(18)19/h2-9,15,20H,1H3. The van der Waals surface area contributed by atoms with Gasteiger partial charge in [-0.2, -0.15) is 8.78 Å². The summed E-state index contributed by atoms with van der Waals surface area (Å²) < 4.78 is 28.8. The molecule has 0 saturated carbocycles. The van der Waals surface area contributed by atoms with Gasteiger partial charge in [0, 0.05) is 11.7 Å². The minimum Gasteiger partial charge on any atom is -0.432 e. The summed E-state index contributed by atoms with van der Waals surface area (Å²) in [7, 11) is 0. The normalized spacial score (nSPS) is 12.3. The minimum atomic E-state index is -2.97. The van der Waals surface area contributed by atoms with Gasteiger partial charge in [-0.15, -0.1) is 0 Å². The van der Waals surface area contributed by atoms with E-state index in [1.807, 2.05) is 37.3 Å². The largest absolute Gasteiger partial charge is 0.432 e. The Kier molecular flexibility index (Phi) is 5.26. The van der Waals surface area contributed by atoms with Gasteiger partial charge in [0.15, 0.2) is 5.75 Å². The first kappa shape index (κ1) is 15.9. The fourth-order valence-electron chi connectivity index (χ4n) is 1.92. The summed E-state index contributed by atoms with van der Waals surface area (Å²) in [6.45, 7) is -0.997. The van der Waals surface area contributed by atoms with Crippen LogP contribution in [-0.2, 0) is 0 Å². The lowest BCUT2D eigenvalue weighted by Crippen LogP contribution is -2.07. The highest BCUT2D eigenvalue weighted by atomic mass is 35.5. The molecule has 0 radical (unpaired) electrons. The van der Waals surface area contributed by atoms with Crippen molar-refractivity contribution >= 4 is 28.9 Å². The lowest BCUT2D eigenvalue weighted by Gasteiger charge is -2.17. The molecule has 0 bridgehead atoms. The Morgan fingerprint density at radius 1 is 1.05 bits per heavy atom. The third-order valence-electron chi connectivity index (χ3n) is 2.89. The molecule has 0 spiro atoms. The van der Waals surface area contributed by atoms with Crippen molar-refractivity contribution in [2.24, 2.45) is 0 Å². The van der Waals surface area contributed by atoms with Gasteiger partial charge in [0.25, 0.3) is 0 Å². The highest BCUT2D eigenvalue weighted by molar-refractivity contribution is 6.37. The molecule has 2 aromatic rings. The zero-order chi connectivity index (χ0) is 15.4. The van der Waals surface area contributed by atoms with Crippen molar-refractivity contribution < 1.29 is 13.5 Å². The molecule has 1 atom stereocenters. The van der Waals surface area contributed by atoms with E-state index in [9.17, 15) is 8.78 Å². The molecule has 2 rings (SSSR count). The van der Waals surface area contributed by atoms with Crippen LogP contribution in [0.3, 0.4) is 0 Å². The van der Waals surface area contributed by atoms with E-state index in [2.05, 4.69) is 10.1 Å². The van der Waals surface area contributed by atoms with Gasteiger partial charge in [-0.25, -0.2) is 0 Å². The molecule has 21 heavy (non-hydrogen) atoms. The Balaban J connectivity index is 2.18. The number of ether oxygens (including phenoxy) is 1. The van der Waals surface area contributed by atoms with Crippen LogP contribution in [0.4, 0.5) is 14.5 Å². The van der Waals surface area contributed by atoms with Gasteiger partial charge in [-0.3, -0.25) is 0 Å². The lowest BCUT2D eigenvalue weighted by molar-refractivity contribution is -0.0497. The molecule has 0 amide bonds. The van der Waals surface area contributed by atoms with E-state index in [-0.39, 0.29) is 21.8 Å². The van der Waals surface area contributed by atoms with E-state index >= 15 is 0 Å². The number of benzene rings is 2. The number of alkyl halides is 2. The van der Waals surface area contributed by atoms with Crippen LogP contribution in [0.25, 0.3) is 0 Å². The van der Waals surface area contributed by atoms with Gasteiger partial charge in [0.05, 0.1) is 10.0 Å². The van der Waals surface area contributed by atoms with Crippen LogP contribution in [0, 0.1) is 0 Å². The van der Waals surface area contributed by atoms with Crippen LogP contribution in [0.5, 0.6) is 5.75 Å². The lowest BCUT2D eigenvalue weighted by atomic mass is 10.1. The molecule has 0 fully saturated rings. The Morgan fingerprint density at radius 3 is 2.14 bits per heavy atom. The molecule has 6 heteroatoms.